The first-order valence-corrected chi connectivity index (χ1v) is 9.10. The maximum Gasteiger partial charge on any atom is 0.278 e. The lowest BCUT2D eigenvalue weighted by Crippen LogP contribution is -2.71. The summed E-state index contributed by atoms with van der Waals surface area (Å²) in [5.41, 5.74) is 4.51. The topological polar surface area (TPSA) is 36.1 Å². The van der Waals surface area contributed by atoms with Crippen molar-refractivity contribution in [1.29, 1.82) is 0 Å². The SMILES string of the molecule is C[Si]12NCCc3cc(cc(c3)CCN1)CCN2. The summed E-state index contributed by atoms with van der Waals surface area (Å²) in [4.78, 5) is 11.2. The summed E-state index contributed by atoms with van der Waals surface area (Å²) < 4.78 is 0. The third-order valence-electron chi connectivity index (χ3n) is 3.79. The standard InChI is InChI=1S/C13H21N3Si/c1-17-14-5-2-11-8-12(3-6-15-17)10-13(9-11)4-7-16-17/h8-10,14-16H,2-7H2,1H3. The molecule has 0 aromatic heterocycles. The van der Waals surface area contributed by atoms with Gasteiger partial charge >= 0.3 is 0 Å². The van der Waals surface area contributed by atoms with Crippen molar-refractivity contribution in [3.8, 4) is 0 Å². The zero-order chi connectivity index (χ0) is 11.7. The van der Waals surface area contributed by atoms with E-state index in [1.165, 1.54) is 16.7 Å². The smallest absolute Gasteiger partial charge is 0.278 e. The van der Waals surface area contributed by atoms with Crippen LogP contribution in [0.5, 0.6) is 0 Å². The second-order valence-electron chi connectivity index (χ2n) is 5.31. The first kappa shape index (κ1) is 11.4. The van der Waals surface area contributed by atoms with Crippen molar-refractivity contribution in [1.82, 2.24) is 14.9 Å². The number of benzene rings is 1. The number of fused-ring (bicyclic) bond motifs is 6. The Morgan fingerprint density at radius 2 is 1.12 bits per heavy atom. The van der Waals surface area contributed by atoms with Crippen molar-refractivity contribution in [2.75, 3.05) is 19.6 Å². The predicted molar refractivity (Wildman–Crippen MR) is 73.2 cm³/mol. The second-order valence-corrected chi connectivity index (χ2v) is 8.62. The van der Waals surface area contributed by atoms with Crippen LogP contribution in [0.2, 0.25) is 6.55 Å². The van der Waals surface area contributed by atoms with Crippen molar-refractivity contribution in [2.45, 2.75) is 25.8 Å². The Hall–Kier alpha value is -0.683. The molecule has 4 heteroatoms. The highest BCUT2D eigenvalue weighted by molar-refractivity contribution is 6.71. The van der Waals surface area contributed by atoms with Crippen molar-refractivity contribution >= 4 is 8.56 Å². The lowest BCUT2D eigenvalue weighted by Gasteiger charge is -2.32. The van der Waals surface area contributed by atoms with Crippen LogP contribution >= 0.6 is 0 Å². The maximum absolute atomic E-state index is 3.72. The molecule has 3 aliphatic heterocycles. The molecule has 0 aliphatic carbocycles. The van der Waals surface area contributed by atoms with E-state index in [1.807, 2.05) is 0 Å². The fourth-order valence-electron chi connectivity index (χ4n) is 2.83. The Balaban J connectivity index is 2.00. The van der Waals surface area contributed by atoms with E-state index in [2.05, 4.69) is 39.7 Å². The molecule has 0 amide bonds. The molecule has 0 saturated carbocycles. The first-order valence-electron chi connectivity index (χ1n) is 6.60. The normalized spacial score (nSPS) is 23.1. The summed E-state index contributed by atoms with van der Waals surface area (Å²) in [5, 5.41) is 0. The van der Waals surface area contributed by atoms with Crippen molar-refractivity contribution < 1.29 is 0 Å². The molecule has 3 nitrogen and oxygen atoms in total. The lowest BCUT2D eigenvalue weighted by molar-refractivity contribution is 0.705. The molecule has 3 N–H and O–H groups in total. The predicted octanol–water partition coefficient (Wildman–Crippen LogP) is 0.679. The van der Waals surface area contributed by atoms with E-state index >= 15 is 0 Å². The zero-order valence-electron chi connectivity index (χ0n) is 10.5. The van der Waals surface area contributed by atoms with E-state index in [4.69, 9.17) is 0 Å². The van der Waals surface area contributed by atoms with Crippen molar-refractivity contribution in [3.63, 3.8) is 0 Å². The molecular weight excluding hydrogens is 226 g/mol. The van der Waals surface area contributed by atoms with Crippen LogP contribution in [-0.4, -0.2) is 28.2 Å². The largest absolute Gasteiger partial charge is 0.313 e. The molecule has 4 rings (SSSR count). The maximum atomic E-state index is 3.72. The van der Waals surface area contributed by atoms with Gasteiger partial charge in [-0.25, -0.2) is 0 Å². The van der Waals surface area contributed by atoms with Gasteiger partial charge in [0.2, 0.25) is 0 Å². The highest BCUT2D eigenvalue weighted by Gasteiger charge is 2.27. The van der Waals surface area contributed by atoms with Gasteiger partial charge in [0.1, 0.15) is 0 Å². The van der Waals surface area contributed by atoms with Crippen LogP contribution in [0.25, 0.3) is 0 Å². The van der Waals surface area contributed by atoms with Gasteiger partial charge in [-0.2, -0.15) is 0 Å². The number of nitrogens with one attached hydrogen (secondary N) is 3. The van der Waals surface area contributed by atoms with Gasteiger partial charge in [-0.3, -0.25) is 0 Å². The quantitative estimate of drug-likeness (QED) is 0.590. The minimum atomic E-state index is -1.63. The average molecular weight is 247 g/mol. The highest BCUT2D eigenvalue weighted by Crippen LogP contribution is 2.14. The van der Waals surface area contributed by atoms with Gasteiger partial charge in [0.05, 0.1) is 0 Å². The molecule has 0 fully saturated rings. The van der Waals surface area contributed by atoms with Crippen LogP contribution < -0.4 is 14.9 Å². The fourth-order valence-corrected chi connectivity index (χ4v) is 5.08. The number of hydrogen-bond donors (Lipinski definition) is 3. The van der Waals surface area contributed by atoms with Gasteiger partial charge in [-0.1, -0.05) is 18.2 Å². The molecule has 1 aromatic carbocycles. The summed E-state index contributed by atoms with van der Waals surface area (Å²) in [7, 11) is -1.63. The van der Waals surface area contributed by atoms with Crippen molar-refractivity contribution in [3.05, 3.63) is 34.9 Å². The summed E-state index contributed by atoms with van der Waals surface area (Å²) in [6.45, 7) is 5.57. The van der Waals surface area contributed by atoms with E-state index in [0.717, 1.165) is 38.9 Å². The molecule has 0 atom stereocenters. The molecule has 3 aliphatic rings. The monoisotopic (exact) mass is 247 g/mol. The average Bonchev–Trinajstić information content (AvgIpc) is 2.28. The minimum absolute atomic E-state index is 1.08. The van der Waals surface area contributed by atoms with Crippen LogP contribution in [0, 0.1) is 0 Å². The summed E-state index contributed by atoms with van der Waals surface area (Å²) in [5.74, 6) is 0. The second kappa shape index (κ2) is 4.53. The fraction of sp³-hybridized carbons (Fsp3) is 0.538. The molecular formula is C13H21N3Si. The van der Waals surface area contributed by atoms with Crippen LogP contribution in [0.4, 0.5) is 0 Å². The van der Waals surface area contributed by atoms with Gasteiger partial charge in [-0.15, -0.1) is 0 Å². The van der Waals surface area contributed by atoms with Crippen LogP contribution in [-0.2, 0) is 19.3 Å². The van der Waals surface area contributed by atoms with Crippen LogP contribution in [0.15, 0.2) is 18.2 Å². The van der Waals surface area contributed by atoms with Gasteiger partial charge < -0.3 is 14.9 Å². The Bertz CT molecular complexity index is 347. The van der Waals surface area contributed by atoms with Gasteiger partial charge in [-0.05, 0) is 62.1 Å². The third kappa shape index (κ3) is 2.60. The molecule has 0 spiro atoms. The zero-order valence-corrected chi connectivity index (χ0v) is 11.5. The summed E-state index contributed by atoms with van der Waals surface area (Å²) in [6.07, 6.45) is 3.44. The molecule has 17 heavy (non-hydrogen) atoms. The number of rotatable bonds is 0. The first-order chi connectivity index (χ1) is 8.23. The highest BCUT2D eigenvalue weighted by atomic mass is 28.4. The van der Waals surface area contributed by atoms with E-state index in [9.17, 15) is 0 Å². The Morgan fingerprint density at radius 1 is 0.765 bits per heavy atom. The third-order valence-corrected chi connectivity index (χ3v) is 6.66. The minimum Gasteiger partial charge on any atom is -0.313 e. The van der Waals surface area contributed by atoms with Crippen LogP contribution in [0.1, 0.15) is 16.7 Å². The van der Waals surface area contributed by atoms with Gasteiger partial charge in [0.25, 0.3) is 8.56 Å². The van der Waals surface area contributed by atoms with E-state index in [-0.39, 0.29) is 0 Å². The van der Waals surface area contributed by atoms with Gasteiger partial charge in [0, 0.05) is 0 Å². The molecule has 92 valence electrons. The molecule has 0 unspecified atom stereocenters. The molecule has 0 saturated heterocycles. The summed E-state index contributed by atoms with van der Waals surface area (Å²) in [6, 6.07) is 7.14. The number of hydrogen-bond acceptors (Lipinski definition) is 3. The Kier molecular flexibility index (Phi) is 3.04. The van der Waals surface area contributed by atoms with Crippen molar-refractivity contribution in [2.24, 2.45) is 0 Å². The van der Waals surface area contributed by atoms with E-state index in [1.54, 1.807) is 0 Å². The van der Waals surface area contributed by atoms with Crippen LogP contribution in [0.3, 0.4) is 0 Å². The molecule has 4 bridgehead atoms. The molecule has 0 radical (unpaired) electrons. The molecule has 1 aromatic rings. The van der Waals surface area contributed by atoms with E-state index in [0.29, 0.717) is 0 Å². The Labute approximate surface area is 104 Å². The summed E-state index contributed by atoms with van der Waals surface area (Å²) >= 11 is 0. The van der Waals surface area contributed by atoms with Gasteiger partial charge in [0.15, 0.2) is 0 Å². The van der Waals surface area contributed by atoms with E-state index < -0.39 is 8.56 Å². The molecule has 3 heterocycles. The lowest BCUT2D eigenvalue weighted by atomic mass is 10.00. The Morgan fingerprint density at radius 3 is 1.47 bits per heavy atom.